The Morgan fingerprint density at radius 1 is 1.09 bits per heavy atom. The van der Waals surface area contributed by atoms with Crippen molar-refractivity contribution < 1.29 is 22.7 Å². The Balaban J connectivity index is 1.68. The second-order valence-corrected chi connectivity index (χ2v) is 9.52. The standard InChI is InChI=1S/C23H29N3O5S/c1-17-8-9-20(32(29,30)25-10-13-31-2)15-21(17)22(27)24-16-18-6-5-7-19(14-18)23(28)26-11-3-4-12-26/h5-9,14-15,25H,3-4,10-13,16H2,1-2H3,(H,24,27). The van der Waals surface area contributed by atoms with Crippen molar-refractivity contribution in [2.24, 2.45) is 0 Å². The number of nitrogens with one attached hydrogen (secondary N) is 2. The van der Waals surface area contributed by atoms with Gasteiger partial charge in [-0.2, -0.15) is 0 Å². The van der Waals surface area contributed by atoms with Crippen LogP contribution in [0.1, 0.15) is 44.7 Å². The summed E-state index contributed by atoms with van der Waals surface area (Å²) in [7, 11) is -2.26. The van der Waals surface area contributed by atoms with Crippen LogP contribution in [0.2, 0.25) is 0 Å². The van der Waals surface area contributed by atoms with E-state index in [1.165, 1.54) is 19.2 Å². The predicted octanol–water partition coefficient (Wildman–Crippen LogP) is 2.09. The Labute approximate surface area is 189 Å². The molecule has 0 aliphatic carbocycles. The summed E-state index contributed by atoms with van der Waals surface area (Å²) in [6.07, 6.45) is 2.05. The Kier molecular flexibility index (Phi) is 8.00. The normalized spacial score (nSPS) is 13.9. The van der Waals surface area contributed by atoms with Gasteiger partial charge in [0.2, 0.25) is 10.0 Å². The van der Waals surface area contributed by atoms with E-state index in [1.54, 1.807) is 31.2 Å². The van der Waals surface area contributed by atoms with Gasteiger partial charge in [-0.15, -0.1) is 0 Å². The molecule has 0 saturated carbocycles. The quantitative estimate of drug-likeness (QED) is 0.559. The SMILES string of the molecule is COCCNS(=O)(=O)c1ccc(C)c(C(=O)NCc2cccc(C(=O)N3CCCC3)c2)c1. The minimum absolute atomic E-state index is 0.00500. The summed E-state index contributed by atoms with van der Waals surface area (Å²) in [6, 6.07) is 11.6. The second-order valence-electron chi connectivity index (χ2n) is 7.75. The molecule has 0 atom stereocenters. The number of nitrogens with zero attached hydrogens (tertiary/aromatic N) is 1. The molecule has 8 nitrogen and oxygen atoms in total. The third-order valence-electron chi connectivity index (χ3n) is 5.38. The zero-order chi connectivity index (χ0) is 23.1. The second kappa shape index (κ2) is 10.7. The molecule has 1 aliphatic rings. The zero-order valence-electron chi connectivity index (χ0n) is 18.4. The first kappa shape index (κ1) is 23.9. The number of aryl methyl sites for hydroxylation is 1. The third-order valence-corrected chi connectivity index (χ3v) is 6.84. The Hall–Kier alpha value is -2.75. The first-order valence-corrected chi connectivity index (χ1v) is 12.1. The van der Waals surface area contributed by atoms with Crippen LogP contribution in [-0.2, 0) is 21.3 Å². The topological polar surface area (TPSA) is 105 Å². The van der Waals surface area contributed by atoms with E-state index in [-0.39, 0.29) is 42.0 Å². The minimum Gasteiger partial charge on any atom is -0.383 e. The molecule has 9 heteroatoms. The fraction of sp³-hybridized carbons (Fsp3) is 0.391. The van der Waals surface area contributed by atoms with Gasteiger partial charge in [-0.1, -0.05) is 18.2 Å². The lowest BCUT2D eigenvalue weighted by molar-refractivity contribution is 0.0792. The first-order valence-electron chi connectivity index (χ1n) is 10.6. The van der Waals surface area contributed by atoms with Crippen molar-refractivity contribution in [3.8, 4) is 0 Å². The molecule has 1 saturated heterocycles. The summed E-state index contributed by atoms with van der Waals surface area (Å²) < 4.78 is 32.2. The number of hydrogen-bond donors (Lipinski definition) is 2. The molecule has 32 heavy (non-hydrogen) atoms. The summed E-state index contributed by atoms with van der Waals surface area (Å²) in [5.74, 6) is -0.377. The molecule has 172 valence electrons. The smallest absolute Gasteiger partial charge is 0.253 e. The maximum atomic E-state index is 12.8. The number of carbonyl (C=O) groups is 2. The van der Waals surface area contributed by atoms with Gasteiger partial charge in [0.25, 0.3) is 11.8 Å². The molecule has 2 aromatic carbocycles. The highest BCUT2D eigenvalue weighted by molar-refractivity contribution is 7.89. The van der Waals surface area contributed by atoms with Gasteiger partial charge in [0.1, 0.15) is 0 Å². The number of hydrogen-bond acceptors (Lipinski definition) is 5. The van der Waals surface area contributed by atoms with Crippen molar-refractivity contribution in [1.82, 2.24) is 14.9 Å². The molecule has 3 rings (SSSR count). The van der Waals surface area contributed by atoms with Crippen LogP contribution >= 0.6 is 0 Å². The molecule has 2 N–H and O–H groups in total. The number of benzene rings is 2. The molecule has 2 amide bonds. The maximum absolute atomic E-state index is 12.8. The number of rotatable bonds is 9. The molecule has 1 aliphatic heterocycles. The Bertz CT molecular complexity index is 1080. The highest BCUT2D eigenvalue weighted by Gasteiger charge is 2.20. The third kappa shape index (κ3) is 5.93. The molecule has 1 heterocycles. The number of methoxy groups -OCH3 is 1. The van der Waals surface area contributed by atoms with Crippen molar-refractivity contribution in [3.63, 3.8) is 0 Å². The number of likely N-dealkylation sites (tertiary alicyclic amines) is 1. The largest absolute Gasteiger partial charge is 0.383 e. The van der Waals surface area contributed by atoms with E-state index in [0.29, 0.717) is 11.1 Å². The van der Waals surface area contributed by atoms with E-state index in [4.69, 9.17) is 4.74 Å². The van der Waals surface area contributed by atoms with Crippen LogP contribution in [0.5, 0.6) is 0 Å². The number of amides is 2. The highest BCUT2D eigenvalue weighted by atomic mass is 32.2. The van der Waals surface area contributed by atoms with Gasteiger partial charge in [0, 0.05) is 44.4 Å². The van der Waals surface area contributed by atoms with Crippen molar-refractivity contribution in [2.45, 2.75) is 31.2 Å². The number of ether oxygens (including phenoxy) is 1. The molecular weight excluding hydrogens is 430 g/mol. The van der Waals surface area contributed by atoms with Gasteiger partial charge in [-0.25, -0.2) is 13.1 Å². The van der Waals surface area contributed by atoms with Crippen molar-refractivity contribution in [1.29, 1.82) is 0 Å². The maximum Gasteiger partial charge on any atom is 0.253 e. The molecular formula is C23H29N3O5S. The van der Waals surface area contributed by atoms with Gasteiger partial charge in [0.15, 0.2) is 0 Å². The van der Waals surface area contributed by atoms with Gasteiger partial charge in [0.05, 0.1) is 11.5 Å². The molecule has 0 aromatic heterocycles. The Morgan fingerprint density at radius 2 is 1.84 bits per heavy atom. The van der Waals surface area contributed by atoms with E-state index in [1.807, 2.05) is 11.0 Å². The van der Waals surface area contributed by atoms with E-state index < -0.39 is 10.0 Å². The van der Waals surface area contributed by atoms with E-state index >= 15 is 0 Å². The minimum atomic E-state index is -3.75. The predicted molar refractivity (Wildman–Crippen MR) is 121 cm³/mol. The molecule has 0 bridgehead atoms. The van der Waals surface area contributed by atoms with E-state index in [2.05, 4.69) is 10.0 Å². The lowest BCUT2D eigenvalue weighted by Crippen LogP contribution is -2.28. The zero-order valence-corrected chi connectivity index (χ0v) is 19.2. The number of carbonyl (C=O) groups excluding carboxylic acids is 2. The average Bonchev–Trinajstić information content (AvgIpc) is 3.32. The lowest BCUT2D eigenvalue weighted by atomic mass is 10.1. The van der Waals surface area contributed by atoms with Crippen LogP contribution in [0.25, 0.3) is 0 Å². The molecule has 0 spiro atoms. The van der Waals surface area contributed by atoms with Gasteiger partial charge >= 0.3 is 0 Å². The summed E-state index contributed by atoms with van der Waals surface area (Å²) in [4.78, 5) is 27.2. The first-order chi connectivity index (χ1) is 15.3. The van der Waals surface area contributed by atoms with Crippen LogP contribution in [0.3, 0.4) is 0 Å². The van der Waals surface area contributed by atoms with E-state index in [0.717, 1.165) is 31.5 Å². The average molecular weight is 460 g/mol. The summed E-state index contributed by atoms with van der Waals surface area (Å²) in [5.41, 5.74) is 2.34. The Morgan fingerprint density at radius 3 is 2.56 bits per heavy atom. The lowest BCUT2D eigenvalue weighted by Gasteiger charge is -2.16. The van der Waals surface area contributed by atoms with Crippen LogP contribution in [0.15, 0.2) is 47.4 Å². The summed E-state index contributed by atoms with van der Waals surface area (Å²) in [5, 5.41) is 2.82. The molecule has 0 unspecified atom stereocenters. The van der Waals surface area contributed by atoms with Crippen LogP contribution in [0.4, 0.5) is 0 Å². The highest BCUT2D eigenvalue weighted by Crippen LogP contribution is 2.17. The van der Waals surface area contributed by atoms with Crippen LogP contribution in [0, 0.1) is 6.92 Å². The van der Waals surface area contributed by atoms with Crippen molar-refractivity contribution in [3.05, 3.63) is 64.7 Å². The van der Waals surface area contributed by atoms with Gasteiger partial charge in [-0.05, 0) is 55.2 Å². The molecule has 2 aromatic rings. The molecule has 0 radical (unpaired) electrons. The van der Waals surface area contributed by atoms with Gasteiger partial charge < -0.3 is 15.0 Å². The fourth-order valence-corrected chi connectivity index (χ4v) is 4.61. The number of sulfonamides is 1. The van der Waals surface area contributed by atoms with Crippen molar-refractivity contribution >= 4 is 21.8 Å². The van der Waals surface area contributed by atoms with Gasteiger partial charge in [-0.3, -0.25) is 9.59 Å². The fourth-order valence-electron chi connectivity index (χ4n) is 3.57. The monoisotopic (exact) mass is 459 g/mol. The van der Waals surface area contributed by atoms with E-state index in [9.17, 15) is 18.0 Å². The summed E-state index contributed by atoms with van der Waals surface area (Å²) >= 11 is 0. The van der Waals surface area contributed by atoms with Crippen LogP contribution < -0.4 is 10.0 Å². The van der Waals surface area contributed by atoms with Crippen molar-refractivity contribution in [2.75, 3.05) is 33.4 Å². The molecule has 1 fully saturated rings. The van der Waals surface area contributed by atoms with Crippen LogP contribution in [-0.4, -0.2) is 58.5 Å². The summed E-state index contributed by atoms with van der Waals surface area (Å²) in [6.45, 7) is 3.91.